The quantitative estimate of drug-likeness (QED) is 0.645. The molecule has 2 atom stereocenters. The molecule has 6 nitrogen and oxygen atoms in total. The van der Waals surface area contributed by atoms with Gasteiger partial charge in [-0.3, -0.25) is 14.0 Å². The highest BCUT2D eigenvalue weighted by Crippen LogP contribution is 2.28. The van der Waals surface area contributed by atoms with Crippen LogP contribution in [0.1, 0.15) is 34.5 Å². The van der Waals surface area contributed by atoms with Crippen LogP contribution >= 0.6 is 23.2 Å². The van der Waals surface area contributed by atoms with Crippen LogP contribution < -0.4 is 10.9 Å². The highest BCUT2D eigenvalue weighted by atomic mass is 35.5. The van der Waals surface area contributed by atoms with Crippen LogP contribution in [0.4, 0.5) is 4.39 Å². The lowest BCUT2D eigenvalue weighted by Gasteiger charge is -2.46. The predicted molar refractivity (Wildman–Crippen MR) is 113 cm³/mol. The fourth-order valence-corrected chi connectivity index (χ4v) is 4.93. The van der Waals surface area contributed by atoms with Crippen LogP contribution in [-0.4, -0.2) is 45.4 Å². The van der Waals surface area contributed by atoms with Crippen LogP contribution in [0.3, 0.4) is 0 Å². The molecule has 3 aliphatic heterocycles. The van der Waals surface area contributed by atoms with Crippen molar-refractivity contribution in [1.29, 1.82) is 0 Å². The monoisotopic (exact) mass is 448 g/mol. The van der Waals surface area contributed by atoms with Gasteiger partial charge in [0, 0.05) is 43.5 Å². The SMILES string of the molecule is O=C(c1cc(Cc2c[nH]c(=O)c3cc(Cl)c(Cl)n23)ccc1F)N1CC2CCC1CN2. The number of nitrogens with zero attached hydrogens (tertiary/aromatic N) is 2. The number of rotatable bonds is 3. The van der Waals surface area contributed by atoms with E-state index in [1.165, 1.54) is 12.1 Å². The number of aromatic amines is 1. The van der Waals surface area contributed by atoms with Crippen molar-refractivity contribution >= 4 is 34.6 Å². The maximum atomic E-state index is 14.6. The molecule has 2 N–H and O–H groups in total. The zero-order valence-electron chi connectivity index (χ0n) is 15.9. The van der Waals surface area contributed by atoms with E-state index in [1.54, 1.807) is 27.6 Å². The molecular weight excluding hydrogens is 430 g/mol. The van der Waals surface area contributed by atoms with Gasteiger partial charge in [-0.15, -0.1) is 0 Å². The van der Waals surface area contributed by atoms with Crippen molar-refractivity contribution in [3.8, 4) is 0 Å². The number of aromatic nitrogens is 2. The fraction of sp³-hybridized carbons (Fsp3) is 0.333. The number of piperazine rings is 1. The Bertz CT molecular complexity index is 1210. The van der Waals surface area contributed by atoms with E-state index in [2.05, 4.69) is 10.3 Å². The molecule has 2 aromatic heterocycles. The number of piperidine rings is 2. The van der Waals surface area contributed by atoms with Crippen LogP contribution in [0.25, 0.3) is 5.52 Å². The summed E-state index contributed by atoms with van der Waals surface area (Å²) >= 11 is 12.4. The highest BCUT2D eigenvalue weighted by Gasteiger charge is 2.37. The van der Waals surface area contributed by atoms with Crippen LogP contribution in [-0.2, 0) is 6.42 Å². The van der Waals surface area contributed by atoms with Crippen molar-refractivity contribution in [2.75, 3.05) is 13.1 Å². The molecule has 156 valence electrons. The Balaban J connectivity index is 1.49. The third-order valence-electron chi connectivity index (χ3n) is 6.04. The second-order valence-electron chi connectivity index (χ2n) is 7.90. The first-order chi connectivity index (χ1) is 14.4. The number of fused-ring (bicyclic) bond motifs is 4. The molecule has 3 aliphatic rings. The fourth-order valence-electron chi connectivity index (χ4n) is 4.49. The molecule has 1 amide bonds. The van der Waals surface area contributed by atoms with Gasteiger partial charge in [-0.05, 0) is 36.6 Å². The summed E-state index contributed by atoms with van der Waals surface area (Å²) in [6, 6.07) is 6.42. The van der Waals surface area contributed by atoms with Gasteiger partial charge >= 0.3 is 0 Å². The Hall–Kier alpha value is -2.35. The summed E-state index contributed by atoms with van der Waals surface area (Å²) in [5.41, 5.74) is 1.49. The maximum absolute atomic E-state index is 14.6. The van der Waals surface area contributed by atoms with Gasteiger partial charge in [-0.25, -0.2) is 4.39 Å². The standard InChI is InChI=1S/C21H19Cl2FN4O2/c22-16-7-18-20(29)26-9-14(28(18)19(16)23)5-11-1-4-17(24)15(6-11)21(30)27-10-12-2-3-13(27)8-25-12/h1,4,6-7,9,12-13,25H,2-3,5,8,10H2,(H,26,29). The molecule has 0 spiro atoms. The molecule has 6 rings (SSSR count). The second-order valence-corrected chi connectivity index (χ2v) is 8.66. The average Bonchev–Trinajstić information content (AvgIpc) is 3.07. The van der Waals surface area contributed by atoms with E-state index < -0.39 is 5.82 Å². The first kappa shape index (κ1) is 19.6. The molecule has 3 fully saturated rings. The lowest BCUT2D eigenvalue weighted by molar-refractivity contribution is 0.0436. The van der Waals surface area contributed by atoms with Gasteiger partial charge < -0.3 is 15.2 Å². The van der Waals surface area contributed by atoms with Crippen LogP contribution in [0.5, 0.6) is 0 Å². The van der Waals surface area contributed by atoms with E-state index in [4.69, 9.17) is 23.2 Å². The van der Waals surface area contributed by atoms with Gasteiger partial charge in [-0.1, -0.05) is 29.3 Å². The molecule has 2 unspecified atom stereocenters. The average molecular weight is 449 g/mol. The van der Waals surface area contributed by atoms with Crippen molar-refractivity contribution in [2.45, 2.75) is 31.3 Å². The Labute approximate surface area is 181 Å². The zero-order chi connectivity index (χ0) is 21.0. The summed E-state index contributed by atoms with van der Waals surface area (Å²) in [4.78, 5) is 29.6. The lowest BCUT2D eigenvalue weighted by Crippen LogP contribution is -2.62. The van der Waals surface area contributed by atoms with Crippen molar-refractivity contribution in [1.82, 2.24) is 19.6 Å². The van der Waals surface area contributed by atoms with Gasteiger partial charge in [0.1, 0.15) is 16.5 Å². The number of carbonyl (C=O) groups is 1. The summed E-state index contributed by atoms with van der Waals surface area (Å²) in [6.45, 7) is 1.35. The Morgan fingerprint density at radius 3 is 2.77 bits per heavy atom. The molecule has 0 radical (unpaired) electrons. The molecule has 5 heterocycles. The summed E-state index contributed by atoms with van der Waals surface area (Å²) in [5.74, 6) is -0.814. The van der Waals surface area contributed by atoms with E-state index in [9.17, 15) is 14.0 Å². The normalized spacial score (nSPS) is 20.8. The molecule has 0 saturated carbocycles. The van der Waals surface area contributed by atoms with Crippen molar-refractivity contribution < 1.29 is 9.18 Å². The van der Waals surface area contributed by atoms with Crippen LogP contribution in [0, 0.1) is 5.82 Å². The second kappa shape index (κ2) is 7.41. The highest BCUT2D eigenvalue weighted by molar-refractivity contribution is 6.42. The van der Waals surface area contributed by atoms with Gasteiger partial charge in [0.2, 0.25) is 0 Å². The number of hydrogen-bond acceptors (Lipinski definition) is 3. The maximum Gasteiger partial charge on any atom is 0.272 e. The van der Waals surface area contributed by atoms with E-state index in [1.807, 2.05) is 0 Å². The number of hydrogen-bond donors (Lipinski definition) is 2. The lowest BCUT2D eigenvalue weighted by atomic mass is 9.92. The van der Waals surface area contributed by atoms with Gasteiger partial charge in [0.25, 0.3) is 11.5 Å². The summed E-state index contributed by atoms with van der Waals surface area (Å²) < 4.78 is 16.1. The molecule has 1 aromatic carbocycles. The van der Waals surface area contributed by atoms with E-state index >= 15 is 0 Å². The Morgan fingerprint density at radius 2 is 2.07 bits per heavy atom. The van der Waals surface area contributed by atoms with Crippen molar-refractivity contribution in [3.63, 3.8) is 0 Å². The number of carbonyl (C=O) groups excluding carboxylic acids is 1. The van der Waals surface area contributed by atoms with E-state index in [0.29, 0.717) is 24.2 Å². The smallest absolute Gasteiger partial charge is 0.272 e. The number of nitrogens with one attached hydrogen (secondary N) is 2. The van der Waals surface area contributed by atoms with Crippen LogP contribution in [0.2, 0.25) is 10.2 Å². The molecule has 30 heavy (non-hydrogen) atoms. The van der Waals surface area contributed by atoms with Crippen LogP contribution in [0.15, 0.2) is 35.3 Å². The first-order valence-electron chi connectivity index (χ1n) is 9.82. The zero-order valence-corrected chi connectivity index (χ0v) is 17.4. The van der Waals surface area contributed by atoms with E-state index in [0.717, 1.165) is 24.9 Å². The first-order valence-corrected chi connectivity index (χ1v) is 10.6. The molecule has 2 bridgehead atoms. The largest absolute Gasteiger partial charge is 0.333 e. The third kappa shape index (κ3) is 3.21. The minimum Gasteiger partial charge on any atom is -0.333 e. The molecular formula is C21H19Cl2FN4O2. The van der Waals surface area contributed by atoms with Gasteiger partial charge in [-0.2, -0.15) is 0 Å². The number of amides is 1. The van der Waals surface area contributed by atoms with Gasteiger partial charge in [0.15, 0.2) is 0 Å². The summed E-state index contributed by atoms with van der Waals surface area (Å²) in [5, 5.41) is 3.91. The summed E-state index contributed by atoms with van der Waals surface area (Å²) in [7, 11) is 0. The van der Waals surface area contributed by atoms with Gasteiger partial charge in [0.05, 0.1) is 10.6 Å². The Kier molecular flexibility index (Phi) is 4.84. The predicted octanol–water partition coefficient (Wildman–Crippen LogP) is 3.24. The van der Waals surface area contributed by atoms with E-state index in [-0.39, 0.29) is 39.3 Å². The minimum atomic E-state index is -0.535. The van der Waals surface area contributed by atoms with Crippen molar-refractivity contribution in [3.05, 3.63) is 73.6 Å². The molecule has 3 aromatic rings. The number of H-pyrrole nitrogens is 1. The number of benzene rings is 1. The summed E-state index contributed by atoms with van der Waals surface area (Å²) in [6.07, 6.45) is 3.87. The Morgan fingerprint density at radius 1 is 1.23 bits per heavy atom. The molecule has 9 heteroatoms. The third-order valence-corrected chi connectivity index (χ3v) is 6.80. The molecule has 0 aliphatic carbocycles. The van der Waals surface area contributed by atoms with Crippen molar-refractivity contribution in [2.24, 2.45) is 0 Å². The topological polar surface area (TPSA) is 69.6 Å². The number of halogens is 3. The molecule has 3 saturated heterocycles. The minimum absolute atomic E-state index is 0.0670.